The van der Waals surface area contributed by atoms with Gasteiger partial charge in [0.05, 0.1) is 0 Å². The Labute approximate surface area is 172 Å². The molecule has 0 aromatic heterocycles. The number of hydrogen-bond donors (Lipinski definition) is 0. The van der Waals surface area contributed by atoms with E-state index in [9.17, 15) is 19.8 Å². The van der Waals surface area contributed by atoms with Crippen LogP contribution in [0, 0.1) is 10.8 Å². The molecular formula is C24H42O4-2. The summed E-state index contributed by atoms with van der Waals surface area (Å²) in [6.07, 6.45) is 16.0. The lowest BCUT2D eigenvalue weighted by atomic mass is 9.52. The third-order valence-corrected chi connectivity index (χ3v) is 7.07. The lowest BCUT2D eigenvalue weighted by molar-refractivity contribution is -0.349. The minimum Gasteiger partial charge on any atom is -0.550 e. The van der Waals surface area contributed by atoms with Gasteiger partial charge in [-0.3, -0.25) is 0 Å². The van der Waals surface area contributed by atoms with Crippen LogP contribution in [0.25, 0.3) is 0 Å². The predicted octanol–water partition coefficient (Wildman–Crippen LogP) is 4.53. The fraction of sp³-hybridized carbons (Fsp3) is 0.917. The molecule has 0 amide bonds. The van der Waals surface area contributed by atoms with Gasteiger partial charge in [-0.1, -0.05) is 104 Å². The number of hydrogen-bond acceptors (Lipinski definition) is 4. The molecule has 0 spiro atoms. The Morgan fingerprint density at radius 3 is 1.25 bits per heavy atom. The molecule has 1 aliphatic carbocycles. The largest absolute Gasteiger partial charge is 0.550 e. The van der Waals surface area contributed by atoms with Crippen molar-refractivity contribution < 1.29 is 19.8 Å². The summed E-state index contributed by atoms with van der Waals surface area (Å²) in [7, 11) is 0. The maximum atomic E-state index is 12.3. The molecule has 164 valence electrons. The maximum Gasteiger partial charge on any atom is 0.0485 e. The van der Waals surface area contributed by atoms with E-state index in [-0.39, 0.29) is 0 Å². The van der Waals surface area contributed by atoms with Crippen LogP contribution in [0.1, 0.15) is 129 Å². The Morgan fingerprint density at radius 1 is 0.607 bits per heavy atom. The molecule has 2 unspecified atom stereocenters. The van der Waals surface area contributed by atoms with Crippen molar-refractivity contribution in [2.24, 2.45) is 10.8 Å². The first kappa shape index (κ1) is 25.0. The zero-order chi connectivity index (χ0) is 20.9. The summed E-state index contributed by atoms with van der Waals surface area (Å²) in [6, 6.07) is 0. The highest BCUT2D eigenvalue weighted by atomic mass is 16.4. The van der Waals surface area contributed by atoms with Crippen LogP contribution in [0.3, 0.4) is 0 Å². The summed E-state index contributed by atoms with van der Waals surface area (Å²) in [5.41, 5.74) is -2.50. The minimum absolute atomic E-state index is 0.422. The van der Waals surface area contributed by atoms with Crippen molar-refractivity contribution in [2.45, 2.75) is 129 Å². The Kier molecular flexibility index (Phi) is 11.8. The lowest BCUT2D eigenvalue weighted by Gasteiger charge is -2.55. The Hall–Kier alpha value is -1.06. The van der Waals surface area contributed by atoms with Crippen molar-refractivity contribution in [2.75, 3.05) is 0 Å². The van der Waals surface area contributed by atoms with Crippen LogP contribution >= 0.6 is 0 Å². The molecule has 0 radical (unpaired) electrons. The minimum atomic E-state index is -1.25. The van der Waals surface area contributed by atoms with Gasteiger partial charge in [-0.25, -0.2) is 0 Å². The summed E-state index contributed by atoms with van der Waals surface area (Å²) in [5, 5.41) is 24.7. The highest BCUT2D eigenvalue weighted by Crippen LogP contribution is 2.56. The van der Waals surface area contributed by atoms with Crippen molar-refractivity contribution in [3.05, 3.63) is 0 Å². The van der Waals surface area contributed by atoms with Gasteiger partial charge in [-0.2, -0.15) is 0 Å². The summed E-state index contributed by atoms with van der Waals surface area (Å²) in [5.74, 6) is -2.31. The fourth-order valence-corrected chi connectivity index (χ4v) is 5.27. The predicted molar refractivity (Wildman–Crippen MR) is 109 cm³/mol. The van der Waals surface area contributed by atoms with Gasteiger partial charge in [0.25, 0.3) is 0 Å². The highest BCUT2D eigenvalue weighted by molar-refractivity contribution is 5.85. The van der Waals surface area contributed by atoms with Crippen molar-refractivity contribution >= 4 is 11.9 Å². The van der Waals surface area contributed by atoms with Gasteiger partial charge in [-0.05, 0) is 25.7 Å². The fourth-order valence-electron chi connectivity index (χ4n) is 5.27. The SMILES string of the molecule is CCCCCCCCC1(C(=O)[O-])CCCCC1(CCCCCCCC)C(=O)[O-]. The molecule has 2 atom stereocenters. The standard InChI is InChI=1S/C24H44O4/c1-3-5-7-9-11-13-17-23(21(25)26)19-15-16-20-24(23,22(27)28)18-14-12-10-8-6-4-2/h3-20H2,1-2H3,(H,25,26)(H,27,28)/p-2. The average molecular weight is 395 g/mol. The Balaban J connectivity index is 2.82. The third kappa shape index (κ3) is 6.49. The Morgan fingerprint density at radius 2 is 0.929 bits per heavy atom. The molecule has 1 rings (SSSR count). The van der Waals surface area contributed by atoms with Crippen LogP contribution in [0.5, 0.6) is 0 Å². The number of carboxylic acids is 2. The van der Waals surface area contributed by atoms with Gasteiger partial charge >= 0.3 is 0 Å². The summed E-state index contributed by atoms with van der Waals surface area (Å²) >= 11 is 0. The van der Waals surface area contributed by atoms with E-state index >= 15 is 0 Å². The van der Waals surface area contributed by atoms with Crippen LogP contribution in [0.2, 0.25) is 0 Å². The van der Waals surface area contributed by atoms with E-state index in [1.54, 1.807) is 0 Å². The van der Waals surface area contributed by atoms with Gasteiger partial charge in [0.2, 0.25) is 0 Å². The van der Waals surface area contributed by atoms with Crippen molar-refractivity contribution in [1.29, 1.82) is 0 Å². The number of carbonyl (C=O) groups is 2. The van der Waals surface area contributed by atoms with E-state index in [2.05, 4.69) is 13.8 Å². The van der Waals surface area contributed by atoms with Gasteiger partial charge < -0.3 is 19.8 Å². The number of carbonyl (C=O) groups excluding carboxylic acids is 2. The second-order valence-corrected chi connectivity index (χ2v) is 8.98. The molecule has 0 bridgehead atoms. The van der Waals surface area contributed by atoms with E-state index in [1.165, 1.54) is 25.7 Å². The monoisotopic (exact) mass is 394 g/mol. The first-order valence-electron chi connectivity index (χ1n) is 11.9. The molecule has 4 heteroatoms. The Bertz CT molecular complexity index is 420. The number of carboxylic acid groups (broad SMARTS) is 2. The normalized spacial score (nSPS) is 24.9. The smallest absolute Gasteiger partial charge is 0.0485 e. The first-order chi connectivity index (χ1) is 13.5. The van der Waals surface area contributed by atoms with Crippen molar-refractivity contribution in [3.63, 3.8) is 0 Å². The molecule has 1 saturated carbocycles. The van der Waals surface area contributed by atoms with Crippen LogP contribution < -0.4 is 10.2 Å². The molecule has 4 nitrogen and oxygen atoms in total. The van der Waals surface area contributed by atoms with E-state index in [0.717, 1.165) is 64.2 Å². The zero-order valence-electron chi connectivity index (χ0n) is 18.4. The van der Waals surface area contributed by atoms with Crippen LogP contribution in [0.15, 0.2) is 0 Å². The van der Waals surface area contributed by atoms with Gasteiger partial charge in [0.1, 0.15) is 0 Å². The maximum absolute atomic E-state index is 12.3. The second-order valence-electron chi connectivity index (χ2n) is 8.98. The van der Waals surface area contributed by atoms with Gasteiger partial charge in [0.15, 0.2) is 0 Å². The molecule has 0 heterocycles. The van der Waals surface area contributed by atoms with Gasteiger partial charge in [0, 0.05) is 22.8 Å². The van der Waals surface area contributed by atoms with Crippen molar-refractivity contribution in [1.82, 2.24) is 0 Å². The topological polar surface area (TPSA) is 80.3 Å². The summed E-state index contributed by atoms with van der Waals surface area (Å²) in [6.45, 7) is 4.34. The highest BCUT2D eigenvalue weighted by Gasteiger charge is 2.53. The zero-order valence-corrected chi connectivity index (χ0v) is 18.4. The lowest BCUT2D eigenvalue weighted by Crippen LogP contribution is -2.62. The number of aliphatic carboxylic acids is 2. The van der Waals surface area contributed by atoms with Crippen LogP contribution in [-0.2, 0) is 9.59 Å². The average Bonchev–Trinajstić information content (AvgIpc) is 2.67. The van der Waals surface area contributed by atoms with E-state index < -0.39 is 22.8 Å². The molecule has 0 aromatic carbocycles. The summed E-state index contributed by atoms with van der Waals surface area (Å²) < 4.78 is 0. The molecule has 1 fully saturated rings. The quantitative estimate of drug-likeness (QED) is 0.360. The third-order valence-electron chi connectivity index (χ3n) is 7.07. The van der Waals surface area contributed by atoms with E-state index in [1.807, 2.05) is 0 Å². The van der Waals surface area contributed by atoms with Crippen LogP contribution in [-0.4, -0.2) is 11.9 Å². The summed E-state index contributed by atoms with van der Waals surface area (Å²) in [4.78, 5) is 24.7. The molecule has 28 heavy (non-hydrogen) atoms. The molecule has 0 saturated heterocycles. The van der Waals surface area contributed by atoms with Crippen LogP contribution in [0.4, 0.5) is 0 Å². The first-order valence-corrected chi connectivity index (χ1v) is 11.9. The molecule has 0 aliphatic heterocycles. The molecule has 0 aromatic rings. The number of rotatable bonds is 16. The van der Waals surface area contributed by atoms with E-state index in [4.69, 9.17) is 0 Å². The molecular weight excluding hydrogens is 352 g/mol. The number of unbranched alkanes of at least 4 members (excludes halogenated alkanes) is 10. The second kappa shape index (κ2) is 13.2. The van der Waals surface area contributed by atoms with Gasteiger partial charge in [-0.15, -0.1) is 0 Å². The molecule has 1 aliphatic rings. The van der Waals surface area contributed by atoms with Crippen molar-refractivity contribution in [3.8, 4) is 0 Å². The van der Waals surface area contributed by atoms with E-state index in [0.29, 0.717) is 25.7 Å². The molecule has 0 N–H and O–H groups in total.